The first-order valence-corrected chi connectivity index (χ1v) is 7.92. The van der Waals surface area contributed by atoms with Crippen LogP contribution in [-0.4, -0.2) is 29.1 Å². The molecule has 0 aliphatic heterocycles. The van der Waals surface area contributed by atoms with Crippen molar-refractivity contribution in [1.82, 2.24) is 4.90 Å². The number of carbonyl (C=O) groups is 1. The molecule has 8 heteroatoms. The number of hydrogen-bond donors (Lipinski definition) is 0. The molecule has 0 saturated heterocycles. The summed E-state index contributed by atoms with van der Waals surface area (Å²) < 4.78 is 5.46. The van der Waals surface area contributed by atoms with Crippen molar-refractivity contribution in [1.29, 1.82) is 0 Å². The maximum atomic E-state index is 11.2. The Bertz CT molecular complexity index is 739. The topological polar surface area (TPSA) is 95.7 Å². The SMILES string of the molecule is O=C([O-])N(CCCOc1ccc([N+](=O)[O-])cc1Cl)Cc1ccccc1. The van der Waals surface area contributed by atoms with Gasteiger partial charge in [0.1, 0.15) is 11.8 Å². The molecule has 0 fully saturated rings. The summed E-state index contributed by atoms with van der Waals surface area (Å²) in [6.07, 6.45) is -0.828. The normalized spacial score (nSPS) is 10.3. The summed E-state index contributed by atoms with van der Waals surface area (Å²) in [4.78, 5) is 22.5. The van der Waals surface area contributed by atoms with Crippen molar-refractivity contribution < 1.29 is 19.6 Å². The Hall–Kier alpha value is -2.80. The molecule has 0 bridgehead atoms. The summed E-state index contributed by atoms with van der Waals surface area (Å²) in [6.45, 7) is 0.694. The zero-order chi connectivity index (χ0) is 18.2. The van der Waals surface area contributed by atoms with Crippen LogP contribution in [0.2, 0.25) is 5.02 Å². The number of nitro groups is 1. The molecule has 25 heavy (non-hydrogen) atoms. The van der Waals surface area contributed by atoms with E-state index in [1.165, 1.54) is 23.1 Å². The van der Waals surface area contributed by atoms with Crippen molar-refractivity contribution in [3.8, 4) is 5.75 Å². The van der Waals surface area contributed by atoms with Gasteiger partial charge in [-0.05, 0) is 18.1 Å². The smallest absolute Gasteiger partial charge is 0.271 e. The maximum absolute atomic E-state index is 11.2. The van der Waals surface area contributed by atoms with Gasteiger partial charge < -0.3 is 19.5 Å². The second-order valence-corrected chi connectivity index (χ2v) is 5.65. The van der Waals surface area contributed by atoms with E-state index in [2.05, 4.69) is 0 Å². The summed E-state index contributed by atoms with van der Waals surface area (Å²) in [5, 5.41) is 22.0. The van der Waals surface area contributed by atoms with Crippen molar-refractivity contribution in [3.05, 3.63) is 69.2 Å². The molecule has 0 unspecified atom stereocenters. The zero-order valence-corrected chi connectivity index (χ0v) is 14.0. The molecule has 1 amide bonds. The molecule has 0 aromatic heterocycles. The van der Waals surface area contributed by atoms with Gasteiger partial charge in [0, 0.05) is 25.2 Å². The fourth-order valence-electron chi connectivity index (χ4n) is 2.20. The van der Waals surface area contributed by atoms with Crippen molar-refractivity contribution in [2.75, 3.05) is 13.2 Å². The third kappa shape index (κ3) is 5.65. The number of nitrogens with zero attached hydrogens (tertiary/aromatic N) is 2. The predicted molar refractivity (Wildman–Crippen MR) is 90.5 cm³/mol. The van der Waals surface area contributed by atoms with E-state index in [9.17, 15) is 20.0 Å². The summed E-state index contributed by atoms with van der Waals surface area (Å²) in [5.74, 6) is 0.315. The van der Waals surface area contributed by atoms with E-state index in [0.29, 0.717) is 12.2 Å². The van der Waals surface area contributed by atoms with Crippen molar-refractivity contribution >= 4 is 23.4 Å². The number of carbonyl (C=O) groups excluding carboxylic acids is 1. The molecule has 0 aliphatic carbocycles. The first-order valence-electron chi connectivity index (χ1n) is 7.54. The van der Waals surface area contributed by atoms with E-state index < -0.39 is 11.0 Å². The van der Waals surface area contributed by atoms with E-state index in [4.69, 9.17) is 16.3 Å². The Balaban J connectivity index is 1.84. The lowest BCUT2D eigenvalue weighted by atomic mass is 10.2. The molecule has 0 saturated carbocycles. The van der Waals surface area contributed by atoms with Crippen LogP contribution in [0.4, 0.5) is 10.5 Å². The van der Waals surface area contributed by atoms with Crippen LogP contribution < -0.4 is 9.84 Å². The number of benzene rings is 2. The number of rotatable bonds is 8. The highest BCUT2D eigenvalue weighted by Crippen LogP contribution is 2.28. The molecule has 7 nitrogen and oxygen atoms in total. The molecule has 0 radical (unpaired) electrons. The Kier molecular flexibility index (Phi) is 6.59. The number of non-ortho nitro benzene ring substituents is 1. The zero-order valence-electron chi connectivity index (χ0n) is 13.3. The number of ether oxygens (including phenoxy) is 1. The lowest BCUT2D eigenvalue weighted by Gasteiger charge is -2.25. The average Bonchev–Trinajstić information content (AvgIpc) is 2.59. The summed E-state index contributed by atoms with van der Waals surface area (Å²) in [6, 6.07) is 13.1. The van der Waals surface area contributed by atoms with Crippen LogP contribution in [0.15, 0.2) is 48.5 Å². The van der Waals surface area contributed by atoms with Gasteiger partial charge in [0.05, 0.1) is 16.6 Å². The highest BCUT2D eigenvalue weighted by molar-refractivity contribution is 6.32. The highest BCUT2D eigenvalue weighted by Gasteiger charge is 2.11. The fourth-order valence-corrected chi connectivity index (χ4v) is 2.43. The first-order chi connectivity index (χ1) is 12.0. The van der Waals surface area contributed by atoms with Crippen LogP contribution in [0.3, 0.4) is 0 Å². The second-order valence-electron chi connectivity index (χ2n) is 5.25. The van der Waals surface area contributed by atoms with Gasteiger partial charge >= 0.3 is 0 Å². The quantitative estimate of drug-likeness (QED) is 0.408. The molecule has 0 aliphatic rings. The van der Waals surface area contributed by atoms with Crippen molar-refractivity contribution in [2.24, 2.45) is 0 Å². The highest BCUT2D eigenvalue weighted by atomic mass is 35.5. The third-order valence-corrected chi connectivity index (χ3v) is 3.73. The number of carboxylic acid groups (broad SMARTS) is 1. The largest absolute Gasteiger partial charge is 0.530 e. The number of hydrogen-bond acceptors (Lipinski definition) is 5. The number of amides is 1. The second kappa shape index (κ2) is 8.89. The molecular weight excluding hydrogens is 348 g/mol. The van der Waals surface area contributed by atoms with Crippen molar-refractivity contribution in [2.45, 2.75) is 13.0 Å². The lowest BCUT2D eigenvalue weighted by molar-refractivity contribution is -0.384. The van der Waals surface area contributed by atoms with Gasteiger partial charge in [-0.25, -0.2) is 0 Å². The number of nitro benzene ring substituents is 1. The fraction of sp³-hybridized carbons (Fsp3) is 0.235. The molecule has 2 aromatic rings. The monoisotopic (exact) mass is 363 g/mol. The lowest BCUT2D eigenvalue weighted by Crippen LogP contribution is -2.41. The van der Waals surface area contributed by atoms with Gasteiger partial charge in [-0.15, -0.1) is 0 Å². The minimum Gasteiger partial charge on any atom is -0.530 e. The van der Waals surface area contributed by atoms with E-state index in [1.807, 2.05) is 30.3 Å². The first kappa shape index (κ1) is 18.5. The summed E-state index contributed by atoms with van der Waals surface area (Å²) in [7, 11) is 0. The molecule has 2 aromatic carbocycles. The molecular formula is C17H16ClN2O5-. The Morgan fingerprint density at radius 2 is 1.92 bits per heavy atom. The van der Waals surface area contributed by atoms with Gasteiger partial charge in [0.2, 0.25) is 0 Å². The Morgan fingerprint density at radius 3 is 2.52 bits per heavy atom. The minimum absolute atomic E-state index is 0.122. The minimum atomic E-state index is -1.25. The average molecular weight is 364 g/mol. The standard InChI is InChI=1S/C17H17ClN2O5/c18-15-11-14(20(23)24)7-8-16(15)25-10-4-9-19(17(21)22)12-13-5-2-1-3-6-13/h1-3,5-8,11H,4,9-10,12H2,(H,21,22)/p-1. The van der Waals surface area contributed by atoms with Gasteiger partial charge in [0.15, 0.2) is 0 Å². The van der Waals surface area contributed by atoms with Gasteiger partial charge in [-0.3, -0.25) is 10.1 Å². The Labute approximate surface area is 149 Å². The molecule has 0 spiro atoms. The molecule has 0 heterocycles. The van der Waals surface area contributed by atoms with Crippen LogP contribution in [0.25, 0.3) is 0 Å². The molecule has 0 atom stereocenters. The molecule has 132 valence electrons. The van der Waals surface area contributed by atoms with Gasteiger partial charge in [-0.2, -0.15) is 0 Å². The summed E-state index contributed by atoms with van der Waals surface area (Å²) >= 11 is 5.93. The van der Waals surface area contributed by atoms with E-state index in [1.54, 1.807) is 0 Å². The van der Waals surface area contributed by atoms with Crippen LogP contribution in [0.1, 0.15) is 12.0 Å². The Morgan fingerprint density at radius 1 is 1.20 bits per heavy atom. The van der Waals surface area contributed by atoms with Crippen LogP contribution in [0, 0.1) is 10.1 Å². The number of halogens is 1. The van der Waals surface area contributed by atoms with E-state index in [0.717, 1.165) is 5.56 Å². The maximum Gasteiger partial charge on any atom is 0.271 e. The van der Waals surface area contributed by atoms with Crippen LogP contribution >= 0.6 is 11.6 Å². The van der Waals surface area contributed by atoms with Gasteiger partial charge in [-0.1, -0.05) is 41.9 Å². The molecule has 0 N–H and O–H groups in total. The third-order valence-electron chi connectivity index (χ3n) is 3.43. The van der Waals surface area contributed by atoms with E-state index >= 15 is 0 Å². The van der Waals surface area contributed by atoms with Crippen LogP contribution in [0.5, 0.6) is 5.75 Å². The van der Waals surface area contributed by atoms with Crippen molar-refractivity contribution in [3.63, 3.8) is 0 Å². The van der Waals surface area contributed by atoms with Crippen LogP contribution in [-0.2, 0) is 6.54 Å². The van der Waals surface area contributed by atoms with Gasteiger partial charge in [0.25, 0.3) is 5.69 Å². The predicted octanol–water partition coefficient (Wildman–Crippen LogP) is 2.86. The summed E-state index contributed by atoms with van der Waals surface area (Å²) in [5.41, 5.74) is 0.745. The molecule has 2 rings (SSSR count). The van der Waals surface area contributed by atoms with E-state index in [-0.39, 0.29) is 30.4 Å².